The Morgan fingerprint density at radius 3 is 2.74 bits per heavy atom. The van der Waals surface area contributed by atoms with E-state index in [1.165, 1.54) is 12.1 Å². The van der Waals surface area contributed by atoms with Gasteiger partial charge >= 0.3 is 6.18 Å². The molecule has 1 heterocycles. The zero-order valence-corrected chi connectivity index (χ0v) is 10.7. The minimum absolute atomic E-state index is 0.0200. The number of benzene rings is 1. The first-order chi connectivity index (χ1) is 9.07. The first kappa shape index (κ1) is 14.3. The minimum Gasteiger partial charge on any atom is -0.376 e. The van der Waals surface area contributed by atoms with Gasteiger partial charge in [-0.15, -0.1) is 0 Å². The molecular weight excluding hydrogens is 255 g/mol. The van der Waals surface area contributed by atoms with Crippen LogP contribution in [0, 0.1) is 5.92 Å². The molecular formula is C14H18F3NO. The van der Waals surface area contributed by atoms with E-state index in [-0.39, 0.29) is 12.2 Å². The zero-order chi connectivity index (χ0) is 13.7. The van der Waals surface area contributed by atoms with Gasteiger partial charge in [0.1, 0.15) is 0 Å². The largest absolute Gasteiger partial charge is 0.416 e. The fraction of sp³-hybridized carbons (Fsp3) is 0.571. The quantitative estimate of drug-likeness (QED) is 0.909. The molecule has 106 valence electrons. The fourth-order valence-electron chi connectivity index (χ4n) is 2.32. The third kappa shape index (κ3) is 4.21. The van der Waals surface area contributed by atoms with Gasteiger partial charge in [-0.25, -0.2) is 0 Å². The molecule has 1 N–H and O–H groups in total. The van der Waals surface area contributed by atoms with Crippen LogP contribution < -0.4 is 5.32 Å². The number of ether oxygens (including phenoxy) is 1. The molecule has 1 unspecified atom stereocenters. The SMILES string of the molecule is FC(F)(F)c1ccccc1COCC1CCCNC1. The smallest absolute Gasteiger partial charge is 0.376 e. The third-order valence-corrected chi connectivity index (χ3v) is 3.33. The van der Waals surface area contributed by atoms with Gasteiger partial charge in [-0.1, -0.05) is 18.2 Å². The highest BCUT2D eigenvalue weighted by molar-refractivity contribution is 5.28. The topological polar surface area (TPSA) is 21.3 Å². The van der Waals surface area contributed by atoms with Crippen LogP contribution >= 0.6 is 0 Å². The molecule has 0 amide bonds. The van der Waals surface area contributed by atoms with Gasteiger partial charge in [0.25, 0.3) is 0 Å². The lowest BCUT2D eigenvalue weighted by atomic mass is 10.0. The molecule has 1 saturated heterocycles. The lowest BCUT2D eigenvalue weighted by Crippen LogP contribution is -2.32. The first-order valence-electron chi connectivity index (χ1n) is 6.51. The van der Waals surface area contributed by atoms with Crippen LogP contribution in [-0.2, 0) is 17.5 Å². The maximum Gasteiger partial charge on any atom is 0.416 e. The predicted octanol–water partition coefficient (Wildman–Crippen LogP) is 3.22. The van der Waals surface area contributed by atoms with Crippen molar-refractivity contribution in [3.63, 3.8) is 0 Å². The molecule has 1 aromatic rings. The normalized spacial score (nSPS) is 20.5. The molecule has 1 aromatic carbocycles. The van der Waals surface area contributed by atoms with Crippen molar-refractivity contribution < 1.29 is 17.9 Å². The average molecular weight is 273 g/mol. The number of hydrogen-bond donors (Lipinski definition) is 1. The third-order valence-electron chi connectivity index (χ3n) is 3.33. The van der Waals surface area contributed by atoms with Gasteiger partial charge in [0, 0.05) is 6.54 Å². The molecule has 0 saturated carbocycles. The second-order valence-corrected chi connectivity index (χ2v) is 4.88. The Hall–Kier alpha value is -1.07. The molecule has 1 fully saturated rings. The van der Waals surface area contributed by atoms with Crippen molar-refractivity contribution in [1.82, 2.24) is 5.32 Å². The van der Waals surface area contributed by atoms with E-state index >= 15 is 0 Å². The summed E-state index contributed by atoms with van der Waals surface area (Å²) in [7, 11) is 0. The standard InChI is InChI=1S/C14H18F3NO/c15-14(16,17)13-6-2-1-5-12(13)10-19-9-11-4-3-7-18-8-11/h1-2,5-6,11,18H,3-4,7-10H2. The van der Waals surface area contributed by atoms with Crippen molar-refractivity contribution >= 4 is 0 Å². The van der Waals surface area contributed by atoms with Crippen LogP contribution in [0.25, 0.3) is 0 Å². The van der Waals surface area contributed by atoms with Crippen molar-refractivity contribution in [2.24, 2.45) is 5.92 Å². The van der Waals surface area contributed by atoms with Gasteiger partial charge in [0.05, 0.1) is 18.8 Å². The Bertz CT molecular complexity index is 400. The maximum atomic E-state index is 12.8. The van der Waals surface area contributed by atoms with Crippen molar-refractivity contribution in [2.75, 3.05) is 19.7 Å². The molecule has 2 rings (SSSR count). The first-order valence-corrected chi connectivity index (χ1v) is 6.51. The van der Waals surface area contributed by atoms with E-state index in [4.69, 9.17) is 4.74 Å². The molecule has 0 radical (unpaired) electrons. The summed E-state index contributed by atoms with van der Waals surface area (Å²) in [6.45, 7) is 2.44. The zero-order valence-electron chi connectivity index (χ0n) is 10.7. The molecule has 1 aliphatic heterocycles. The van der Waals surface area contributed by atoms with Gasteiger partial charge < -0.3 is 10.1 Å². The summed E-state index contributed by atoms with van der Waals surface area (Å²) in [5.74, 6) is 0.409. The molecule has 1 atom stereocenters. The maximum absolute atomic E-state index is 12.8. The highest BCUT2D eigenvalue weighted by Crippen LogP contribution is 2.32. The molecule has 2 nitrogen and oxygen atoms in total. The van der Waals surface area contributed by atoms with Gasteiger partial charge in [-0.3, -0.25) is 0 Å². The molecule has 0 aromatic heterocycles. The molecule has 1 aliphatic rings. The van der Waals surface area contributed by atoms with Gasteiger partial charge in [-0.2, -0.15) is 13.2 Å². The van der Waals surface area contributed by atoms with Crippen LogP contribution in [0.5, 0.6) is 0 Å². The summed E-state index contributed by atoms with van der Waals surface area (Å²) in [6, 6.07) is 5.58. The van der Waals surface area contributed by atoms with Gasteiger partial charge in [-0.05, 0) is 36.9 Å². The van der Waals surface area contributed by atoms with Crippen LogP contribution in [0.15, 0.2) is 24.3 Å². The summed E-state index contributed by atoms with van der Waals surface area (Å²) in [4.78, 5) is 0. The van der Waals surface area contributed by atoms with Crippen LogP contribution in [0.3, 0.4) is 0 Å². The van der Waals surface area contributed by atoms with Crippen molar-refractivity contribution in [1.29, 1.82) is 0 Å². The number of rotatable bonds is 4. The van der Waals surface area contributed by atoms with E-state index in [1.54, 1.807) is 6.07 Å². The average Bonchev–Trinajstić information content (AvgIpc) is 2.39. The van der Waals surface area contributed by atoms with E-state index in [1.807, 2.05) is 0 Å². The highest BCUT2D eigenvalue weighted by Gasteiger charge is 2.32. The van der Waals surface area contributed by atoms with E-state index in [9.17, 15) is 13.2 Å². The van der Waals surface area contributed by atoms with E-state index < -0.39 is 11.7 Å². The number of nitrogens with one attached hydrogen (secondary N) is 1. The Morgan fingerprint density at radius 1 is 1.26 bits per heavy atom. The van der Waals surface area contributed by atoms with Crippen molar-refractivity contribution in [2.45, 2.75) is 25.6 Å². The Morgan fingerprint density at radius 2 is 2.05 bits per heavy atom. The van der Waals surface area contributed by atoms with Gasteiger partial charge in [0.15, 0.2) is 0 Å². The van der Waals surface area contributed by atoms with E-state index in [2.05, 4.69) is 5.32 Å². The Kier molecular flexibility index (Phi) is 4.82. The van der Waals surface area contributed by atoms with Crippen molar-refractivity contribution in [3.05, 3.63) is 35.4 Å². The van der Waals surface area contributed by atoms with Crippen LogP contribution in [0.1, 0.15) is 24.0 Å². The van der Waals surface area contributed by atoms with E-state index in [0.29, 0.717) is 12.5 Å². The molecule has 0 spiro atoms. The molecule has 0 bridgehead atoms. The minimum atomic E-state index is -4.31. The second kappa shape index (κ2) is 6.39. The van der Waals surface area contributed by atoms with Crippen LogP contribution in [0.4, 0.5) is 13.2 Å². The highest BCUT2D eigenvalue weighted by atomic mass is 19.4. The lowest BCUT2D eigenvalue weighted by molar-refractivity contribution is -0.139. The summed E-state index contributed by atoms with van der Waals surface area (Å²) < 4.78 is 43.7. The summed E-state index contributed by atoms with van der Waals surface area (Å²) >= 11 is 0. The Labute approximate surface area is 111 Å². The van der Waals surface area contributed by atoms with Crippen LogP contribution in [0.2, 0.25) is 0 Å². The number of piperidine rings is 1. The van der Waals surface area contributed by atoms with E-state index in [0.717, 1.165) is 32.0 Å². The number of halogens is 3. The summed E-state index contributed by atoms with van der Waals surface area (Å²) in [5, 5.41) is 3.26. The predicted molar refractivity (Wildman–Crippen MR) is 66.7 cm³/mol. The second-order valence-electron chi connectivity index (χ2n) is 4.88. The summed E-state index contributed by atoms with van der Waals surface area (Å²) in [6.07, 6.45) is -2.13. The van der Waals surface area contributed by atoms with Gasteiger partial charge in [0.2, 0.25) is 0 Å². The Balaban J connectivity index is 1.88. The summed E-state index contributed by atoms with van der Waals surface area (Å²) in [5.41, 5.74) is -0.393. The molecule has 19 heavy (non-hydrogen) atoms. The number of hydrogen-bond acceptors (Lipinski definition) is 2. The lowest BCUT2D eigenvalue weighted by Gasteiger charge is -2.22. The fourth-order valence-corrected chi connectivity index (χ4v) is 2.32. The molecule has 0 aliphatic carbocycles. The number of alkyl halides is 3. The van der Waals surface area contributed by atoms with Crippen molar-refractivity contribution in [3.8, 4) is 0 Å². The monoisotopic (exact) mass is 273 g/mol. The van der Waals surface area contributed by atoms with Crippen LogP contribution in [-0.4, -0.2) is 19.7 Å². The molecule has 5 heteroatoms.